The molecule has 178 valence electrons. The van der Waals surface area contributed by atoms with Crippen molar-refractivity contribution in [3.63, 3.8) is 0 Å². The molecule has 3 aromatic rings. The summed E-state index contributed by atoms with van der Waals surface area (Å²) in [5, 5.41) is 0.159. The van der Waals surface area contributed by atoms with Gasteiger partial charge in [-0.25, -0.2) is 14.8 Å². The summed E-state index contributed by atoms with van der Waals surface area (Å²) in [7, 11) is 1.52. The summed E-state index contributed by atoms with van der Waals surface area (Å²) < 4.78 is 7.23. The molecule has 0 N–H and O–H groups in total. The molecule has 10 nitrogen and oxygen atoms in total. The lowest BCUT2D eigenvalue weighted by atomic mass is 9.97. The molecule has 0 unspecified atom stereocenters. The number of rotatable bonds is 5. The molecule has 0 radical (unpaired) electrons. The zero-order valence-electron chi connectivity index (χ0n) is 19.5. The van der Waals surface area contributed by atoms with E-state index in [0.29, 0.717) is 38.4 Å². The Morgan fingerprint density at radius 2 is 1.79 bits per heavy atom. The second kappa shape index (κ2) is 9.58. The summed E-state index contributed by atoms with van der Waals surface area (Å²) in [6.45, 7) is 4.41. The van der Waals surface area contributed by atoms with Crippen LogP contribution in [0.5, 0.6) is 0 Å². The monoisotopic (exact) mass is 465 g/mol. The Hall–Kier alpha value is -3.82. The molecule has 0 bridgehead atoms. The van der Waals surface area contributed by atoms with Crippen molar-refractivity contribution < 1.29 is 14.3 Å². The van der Waals surface area contributed by atoms with Gasteiger partial charge in [0.1, 0.15) is 11.9 Å². The standard InChI is InChI=1S/C24H27N5O5/c1-4-34-23(32)17-9-11-28(12-10-17)19(30)14-29-22(31)18-13-25-20(16-7-5-15(2)6-8-16)26-21(18)27(3)24(29)33/h5-8,13,17H,4,9-12,14H2,1-3H3. The van der Waals surface area contributed by atoms with Crippen molar-refractivity contribution in [1.29, 1.82) is 0 Å². The predicted molar refractivity (Wildman–Crippen MR) is 125 cm³/mol. The smallest absolute Gasteiger partial charge is 0.332 e. The summed E-state index contributed by atoms with van der Waals surface area (Å²) in [4.78, 5) is 61.1. The Morgan fingerprint density at radius 1 is 1.12 bits per heavy atom. The minimum absolute atomic E-state index is 0.159. The Kier molecular flexibility index (Phi) is 6.58. The van der Waals surface area contributed by atoms with Gasteiger partial charge in [-0.2, -0.15) is 0 Å². The summed E-state index contributed by atoms with van der Waals surface area (Å²) in [5.41, 5.74) is 0.837. The van der Waals surface area contributed by atoms with Crippen LogP contribution in [0, 0.1) is 12.8 Å². The van der Waals surface area contributed by atoms with Crippen LogP contribution in [0.3, 0.4) is 0 Å². The van der Waals surface area contributed by atoms with E-state index in [0.717, 1.165) is 15.7 Å². The van der Waals surface area contributed by atoms with E-state index in [1.54, 1.807) is 11.8 Å². The average molecular weight is 466 g/mol. The molecule has 34 heavy (non-hydrogen) atoms. The normalized spacial score (nSPS) is 14.4. The Morgan fingerprint density at radius 3 is 2.44 bits per heavy atom. The molecular weight excluding hydrogens is 438 g/mol. The first-order valence-electron chi connectivity index (χ1n) is 11.3. The third-order valence-electron chi connectivity index (χ3n) is 6.15. The van der Waals surface area contributed by atoms with Crippen LogP contribution in [-0.2, 0) is 27.9 Å². The highest BCUT2D eigenvalue weighted by molar-refractivity contribution is 5.79. The number of benzene rings is 1. The molecule has 1 aromatic carbocycles. The topological polar surface area (TPSA) is 116 Å². The zero-order valence-corrected chi connectivity index (χ0v) is 19.5. The minimum atomic E-state index is -0.624. The number of aromatic nitrogens is 4. The maximum Gasteiger partial charge on any atom is 0.332 e. The van der Waals surface area contributed by atoms with Crippen molar-refractivity contribution in [2.24, 2.45) is 13.0 Å². The van der Waals surface area contributed by atoms with Gasteiger partial charge in [0.2, 0.25) is 5.91 Å². The number of esters is 1. The van der Waals surface area contributed by atoms with Crippen molar-refractivity contribution in [3.8, 4) is 11.4 Å². The number of carbonyl (C=O) groups excluding carboxylic acids is 2. The van der Waals surface area contributed by atoms with Gasteiger partial charge in [-0.3, -0.25) is 23.5 Å². The predicted octanol–water partition coefficient (Wildman–Crippen LogP) is 1.27. The van der Waals surface area contributed by atoms with Gasteiger partial charge < -0.3 is 9.64 Å². The first-order valence-corrected chi connectivity index (χ1v) is 11.3. The van der Waals surface area contributed by atoms with Gasteiger partial charge in [-0.1, -0.05) is 29.8 Å². The number of amides is 1. The molecule has 0 atom stereocenters. The van der Waals surface area contributed by atoms with Gasteiger partial charge in [-0.15, -0.1) is 0 Å². The number of aryl methyl sites for hydroxylation is 2. The molecule has 1 fully saturated rings. The fraction of sp³-hybridized carbons (Fsp3) is 0.417. The Balaban J connectivity index is 1.58. The van der Waals surface area contributed by atoms with E-state index < -0.39 is 11.2 Å². The molecule has 1 amide bonds. The van der Waals surface area contributed by atoms with Crippen LogP contribution < -0.4 is 11.2 Å². The van der Waals surface area contributed by atoms with Gasteiger partial charge in [0, 0.05) is 31.9 Å². The molecule has 1 aliphatic heterocycles. The lowest BCUT2D eigenvalue weighted by Crippen LogP contribution is -2.47. The third-order valence-corrected chi connectivity index (χ3v) is 6.15. The van der Waals surface area contributed by atoms with E-state index in [-0.39, 0.29) is 35.4 Å². The van der Waals surface area contributed by atoms with Gasteiger partial charge in [0.25, 0.3) is 5.56 Å². The van der Waals surface area contributed by atoms with Crippen LogP contribution in [0.25, 0.3) is 22.4 Å². The van der Waals surface area contributed by atoms with Crippen LogP contribution in [0.1, 0.15) is 25.3 Å². The first kappa shape index (κ1) is 23.3. The largest absolute Gasteiger partial charge is 0.466 e. The summed E-state index contributed by atoms with van der Waals surface area (Å²) in [6.07, 6.45) is 2.38. The number of ether oxygens (including phenoxy) is 1. The maximum atomic E-state index is 13.1. The zero-order chi connectivity index (χ0) is 24.4. The molecule has 10 heteroatoms. The Labute approximate surface area is 195 Å². The maximum absolute atomic E-state index is 13.1. The molecule has 2 aromatic heterocycles. The second-order valence-electron chi connectivity index (χ2n) is 8.44. The fourth-order valence-corrected chi connectivity index (χ4v) is 4.12. The van der Waals surface area contributed by atoms with Gasteiger partial charge in [-0.05, 0) is 26.7 Å². The lowest BCUT2D eigenvalue weighted by molar-refractivity contribution is -0.151. The van der Waals surface area contributed by atoms with Crippen LogP contribution >= 0.6 is 0 Å². The molecule has 4 rings (SSSR count). The summed E-state index contributed by atoms with van der Waals surface area (Å²) in [5.74, 6) is -0.433. The Bertz CT molecular complexity index is 1350. The highest BCUT2D eigenvalue weighted by Gasteiger charge is 2.29. The molecule has 1 saturated heterocycles. The molecule has 0 spiro atoms. The average Bonchev–Trinajstić information content (AvgIpc) is 2.85. The number of nitrogens with zero attached hydrogens (tertiary/aromatic N) is 5. The molecular formula is C24H27N5O5. The van der Waals surface area contributed by atoms with E-state index >= 15 is 0 Å². The third kappa shape index (κ3) is 4.48. The van der Waals surface area contributed by atoms with Gasteiger partial charge in [0.05, 0.1) is 12.5 Å². The van der Waals surface area contributed by atoms with E-state index in [9.17, 15) is 19.2 Å². The summed E-state index contributed by atoms with van der Waals surface area (Å²) >= 11 is 0. The highest BCUT2D eigenvalue weighted by Crippen LogP contribution is 2.19. The molecule has 0 aliphatic carbocycles. The first-order chi connectivity index (χ1) is 16.3. The van der Waals surface area contributed by atoms with Gasteiger partial charge >= 0.3 is 11.7 Å². The van der Waals surface area contributed by atoms with E-state index in [1.165, 1.54) is 17.8 Å². The van der Waals surface area contributed by atoms with Crippen molar-refractivity contribution in [2.45, 2.75) is 33.2 Å². The fourth-order valence-electron chi connectivity index (χ4n) is 4.12. The number of fused-ring (bicyclic) bond motifs is 1. The molecule has 3 heterocycles. The van der Waals surface area contributed by atoms with Crippen molar-refractivity contribution in [2.75, 3.05) is 19.7 Å². The number of likely N-dealkylation sites (tertiary alicyclic amines) is 1. The highest BCUT2D eigenvalue weighted by atomic mass is 16.5. The van der Waals surface area contributed by atoms with Crippen LogP contribution in [0.15, 0.2) is 40.1 Å². The van der Waals surface area contributed by atoms with Gasteiger partial charge in [0.15, 0.2) is 11.5 Å². The quantitative estimate of drug-likeness (QED) is 0.521. The van der Waals surface area contributed by atoms with Crippen LogP contribution in [0.4, 0.5) is 0 Å². The SMILES string of the molecule is CCOC(=O)C1CCN(C(=O)Cn2c(=O)c3cnc(-c4ccc(C)cc4)nc3n(C)c2=O)CC1. The van der Waals surface area contributed by atoms with Crippen LogP contribution in [0.2, 0.25) is 0 Å². The van der Waals surface area contributed by atoms with E-state index in [4.69, 9.17) is 4.74 Å². The van der Waals surface area contributed by atoms with Crippen molar-refractivity contribution in [3.05, 3.63) is 56.9 Å². The molecule has 0 saturated carbocycles. The lowest BCUT2D eigenvalue weighted by Gasteiger charge is -2.31. The number of hydrogen-bond donors (Lipinski definition) is 0. The van der Waals surface area contributed by atoms with Crippen molar-refractivity contribution >= 4 is 22.9 Å². The number of carbonyl (C=O) groups is 2. The molecule has 1 aliphatic rings. The summed E-state index contributed by atoms with van der Waals surface area (Å²) in [6, 6.07) is 7.61. The number of hydrogen-bond acceptors (Lipinski definition) is 7. The second-order valence-corrected chi connectivity index (χ2v) is 8.44. The number of piperidine rings is 1. The van der Waals surface area contributed by atoms with E-state index in [1.807, 2.05) is 31.2 Å². The minimum Gasteiger partial charge on any atom is -0.466 e. The van der Waals surface area contributed by atoms with Crippen LogP contribution in [-0.4, -0.2) is 55.6 Å². The van der Waals surface area contributed by atoms with Crippen molar-refractivity contribution in [1.82, 2.24) is 24.0 Å². The van der Waals surface area contributed by atoms with E-state index in [2.05, 4.69) is 9.97 Å².